The van der Waals surface area contributed by atoms with E-state index in [-0.39, 0.29) is 12.8 Å². The molecule has 1 aliphatic heterocycles. The maximum absolute atomic E-state index is 12.9. The average Bonchev–Trinajstić information content (AvgIpc) is 2.20. The summed E-state index contributed by atoms with van der Waals surface area (Å²) < 4.78 is 25.8. The molecular formula is C11H12ClF2N. The number of hydrogen-bond donors (Lipinski definition) is 0. The van der Waals surface area contributed by atoms with Crippen LogP contribution in [0.4, 0.5) is 14.5 Å². The molecule has 82 valence electrons. The number of rotatable bonds is 1. The van der Waals surface area contributed by atoms with Crippen LogP contribution in [-0.4, -0.2) is 19.0 Å². The second-order valence-electron chi connectivity index (χ2n) is 3.82. The van der Waals surface area contributed by atoms with Gasteiger partial charge in [-0.2, -0.15) is 0 Å². The maximum Gasteiger partial charge on any atom is 0.251 e. The van der Waals surface area contributed by atoms with Crippen molar-refractivity contribution in [3.8, 4) is 0 Å². The molecule has 0 aliphatic carbocycles. The van der Waals surface area contributed by atoms with Gasteiger partial charge < -0.3 is 4.90 Å². The topological polar surface area (TPSA) is 3.24 Å². The van der Waals surface area contributed by atoms with Gasteiger partial charge in [0.1, 0.15) is 0 Å². The lowest BCUT2D eigenvalue weighted by atomic mass is 10.1. The summed E-state index contributed by atoms with van der Waals surface area (Å²) in [7, 11) is 0. The van der Waals surface area contributed by atoms with Crippen LogP contribution in [0.25, 0.3) is 0 Å². The van der Waals surface area contributed by atoms with Gasteiger partial charge in [-0.3, -0.25) is 0 Å². The predicted octanol–water partition coefficient (Wildman–Crippen LogP) is 3.58. The Balaban J connectivity index is 2.04. The Morgan fingerprint density at radius 2 is 1.60 bits per heavy atom. The van der Waals surface area contributed by atoms with Crippen molar-refractivity contribution >= 4 is 17.3 Å². The van der Waals surface area contributed by atoms with E-state index in [4.69, 9.17) is 11.6 Å². The van der Waals surface area contributed by atoms with E-state index in [1.165, 1.54) is 0 Å². The van der Waals surface area contributed by atoms with Crippen molar-refractivity contribution < 1.29 is 8.78 Å². The van der Waals surface area contributed by atoms with Crippen LogP contribution < -0.4 is 4.90 Å². The highest BCUT2D eigenvalue weighted by molar-refractivity contribution is 6.30. The minimum Gasteiger partial charge on any atom is -0.371 e. The van der Waals surface area contributed by atoms with E-state index >= 15 is 0 Å². The second kappa shape index (κ2) is 3.97. The molecule has 1 aromatic rings. The molecule has 0 spiro atoms. The van der Waals surface area contributed by atoms with E-state index in [0.29, 0.717) is 18.1 Å². The first kappa shape index (κ1) is 10.7. The van der Waals surface area contributed by atoms with Crippen LogP contribution in [0.3, 0.4) is 0 Å². The lowest BCUT2D eigenvalue weighted by Crippen LogP contribution is -2.39. The maximum atomic E-state index is 12.9. The van der Waals surface area contributed by atoms with Gasteiger partial charge in [-0.25, -0.2) is 8.78 Å². The van der Waals surface area contributed by atoms with Gasteiger partial charge in [0, 0.05) is 36.6 Å². The van der Waals surface area contributed by atoms with Crippen molar-refractivity contribution in [2.45, 2.75) is 18.8 Å². The number of halogens is 3. The van der Waals surface area contributed by atoms with Crippen LogP contribution in [0.15, 0.2) is 24.3 Å². The van der Waals surface area contributed by atoms with E-state index in [9.17, 15) is 8.78 Å². The predicted molar refractivity (Wildman–Crippen MR) is 57.8 cm³/mol. The zero-order valence-electron chi connectivity index (χ0n) is 8.22. The second-order valence-corrected chi connectivity index (χ2v) is 4.26. The molecule has 1 saturated heterocycles. The molecule has 1 aliphatic rings. The number of alkyl halides is 2. The van der Waals surface area contributed by atoms with Crippen LogP contribution in [0.5, 0.6) is 0 Å². The van der Waals surface area contributed by atoms with Gasteiger partial charge >= 0.3 is 0 Å². The van der Waals surface area contributed by atoms with Gasteiger partial charge in [0.15, 0.2) is 0 Å². The van der Waals surface area contributed by atoms with Crippen LogP contribution in [0.2, 0.25) is 5.02 Å². The normalized spacial score (nSPS) is 20.3. The molecule has 1 heterocycles. The lowest BCUT2D eigenvalue weighted by molar-refractivity contribution is -0.0220. The Morgan fingerprint density at radius 1 is 1.07 bits per heavy atom. The molecule has 15 heavy (non-hydrogen) atoms. The smallest absolute Gasteiger partial charge is 0.251 e. The summed E-state index contributed by atoms with van der Waals surface area (Å²) in [6.45, 7) is 0.823. The van der Waals surface area contributed by atoms with Gasteiger partial charge in [-0.15, -0.1) is 0 Å². The van der Waals surface area contributed by atoms with Crippen LogP contribution in [0.1, 0.15) is 12.8 Å². The van der Waals surface area contributed by atoms with E-state index < -0.39 is 5.92 Å². The lowest BCUT2D eigenvalue weighted by Gasteiger charge is -2.33. The van der Waals surface area contributed by atoms with Crippen molar-refractivity contribution in [1.82, 2.24) is 0 Å². The first-order valence-corrected chi connectivity index (χ1v) is 5.33. The van der Waals surface area contributed by atoms with Gasteiger partial charge in [0.25, 0.3) is 5.92 Å². The number of nitrogens with zero attached hydrogens (tertiary/aromatic N) is 1. The van der Waals surface area contributed by atoms with Crippen molar-refractivity contribution in [2.75, 3.05) is 18.0 Å². The van der Waals surface area contributed by atoms with Crippen molar-refractivity contribution in [3.63, 3.8) is 0 Å². The Labute approximate surface area is 92.6 Å². The summed E-state index contributed by atoms with van der Waals surface area (Å²) in [5.74, 6) is -2.48. The SMILES string of the molecule is FC1(F)CCN(c2ccc(Cl)cc2)CC1. The summed E-state index contributed by atoms with van der Waals surface area (Å²) in [6, 6.07) is 7.30. The Morgan fingerprint density at radius 3 is 2.13 bits per heavy atom. The highest BCUT2D eigenvalue weighted by atomic mass is 35.5. The third-order valence-electron chi connectivity index (χ3n) is 2.69. The fraction of sp³-hybridized carbons (Fsp3) is 0.455. The van der Waals surface area contributed by atoms with Crippen LogP contribution in [-0.2, 0) is 0 Å². The quantitative estimate of drug-likeness (QED) is 0.714. The average molecular weight is 232 g/mol. The molecule has 1 aromatic carbocycles. The molecule has 1 nitrogen and oxygen atoms in total. The van der Waals surface area contributed by atoms with Crippen molar-refractivity contribution in [3.05, 3.63) is 29.3 Å². The fourth-order valence-corrected chi connectivity index (χ4v) is 1.87. The zero-order valence-corrected chi connectivity index (χ0v) is 8.97. The first-order valence-electron chi connectivity index (χ1n) is 4.95. The van der Waals surface area contributed by atoms with Crippen molar-refractivity contribution in [2.24, 2.45) is 0 Å². The molecule has 0 radical (unpaired) electrons. The summed E-state index contributed by atoms with van der Waals surface area (Å²) >= 11 is 5.76. The van der Waals surface area contributed by atoms with E-state index in [0.717, 1.165) is 5.69 Å². The number of anilines is 1. The van der Waals surface area contributed by atoms with E-state index in [2.05, 4.69) is 0 Å². The molecule has 0 N–H and O–H groups in total. The minimum absolute atomic E-state index is 0.0599. The standard InChI is InChI=1S/C11H12ClF2N/c12-9-1-3-10(4-2-9)15-7-5-11(13,14)6-8-15/h1-4H,5-8H2. The molecule has 2 rings (SSSR count). The molecule has 1 fully saturated rings. The minimum atomic E-state index is -2.48. The van der Waals surface area contributed by atoms with Gasteiger partial charge in [0.05, 0.1) is 0 Å². The molecule has 0 amide bonds. The molecule has 0 atom stereocenters. The van der Waals surface area contributed by atoms with E-state index in [1.54, 1.807) is 12.1 Å². The van der Waals surface area contributed by atoms with E-state index in [1.807, 2.05) is 17.0 Å². The number of hydrogen-bond acceptors (Lipinski definition) is 1. The first-order chi connectivity index (χ1) is 7.07. The number of benzene rings is 1. The van der Waals surface area contributed by atoms with Crippen molar-refractivity contribution in [1.29, 1.82) is 0 Å². The van der Waals surface area contributed by atoms with Crippen LogP contribution in [0, 0.1) is 0 Å². The highest BCUT2D eigenvalue weighted by Crippen LogP contribution is 2.30. The molecule has 0 unspecified atom stereocenters. The molecule has 0 saturated carbocycles. The highest BCUT2D eigenvalue weighted by Gasteiger charge is 2.33. The third kappa shape index (κ3) is 2.59. The molecule has 0 aromatic heterocycles. The molecule has 4 heteroatoms. The van der Waals surface area contributed by atoms with Gasteiger partial charge in [-0.05, 0) is 24.3 Å². The Bertz CT molecular complexity index is 327. The Hall–Kier alpha value is -0.830. The summed E-state index contributed by atoms with van der Waals surface area (Å²) in [5, 5.41) is 0.668. The largest absolute Gasteiger partial charge is 0.371 e. The summed E-state index contributed by atoms with van der Waals surface area (Å²) in [6.07, 6.45) is -0.120. The third-order valence-corrected chi connectivity index (χ3v) is 2.94. The zero-order chi connectivity index (χ0) is 10.9. The fourth-order valence-electron chi connectivity index (χ4n) is 1.74. The Kier molecular flexibility index (Phi) is 2.83. The monoisotopic (exact) mass is 231 g/mol. The summed E-state index contributed by atoms with van der Waals surface area (Å²) in [4.78, 5) is 1.97. The molecule has 0 bridgehead atoms. The molecular weight excluding hydrogens is 220 g/mol. The number of piperidine rings is 1. The van der Waals surface area contributed by atoms with Gasteiger partial charge in [-0.1, -0.05) is 11.6 Å². The van der Waals surface area contributed by atoms with Gasteiger partial charge in [0.2, 0.25) is 0 Å². The van der Waals surface area contributed by atoms with Crippen LogP contribution >= 0.6 is 11.6 Å². The summed E-state index contributed by atoms with van der Waals surface area (Å²) in [5.41, 5.74) is 0.968.